The number of amides is 1. The first-order valence-corrected chi connectivity index (χ1v) is 6.65. The van der Waals surface area contributed by atoms with Crippen molar-refractivity contribution in [2.75, 3.05) is 10.6 Å². The van der Waals surface area contributed by atoms with Crippen molar-refractivity contribution < 1.29 is 14.0 Å². The molecule has 4 nitrogen and oxygen atoms in total. The van der Waals surface area contributed by atoms with E-state index in [1.807, 2.05) is 0 Å². The third kappa shape index (κ3) is 4.56. The molecule has 0 atom stereocenters. The predicted octanol–water partition coefficient (Wildman–Crippen LogP) is 3.59. The van der Waals surface area contributed by atoms with Gasteiger partial charge in [0.25, 0.3) is 0 Å². The van der Waals surface area contributed by atoms with Crippen LogP contribution < -0.4 is 10.6 Å². The molecule has 2 N–H and O–H groups in total. The monoisotopic (exact) mass is 298 g/mol. The minimum atomic E-state index is -0.377. The van der Waals surface area contributed by atoms with E-state index >= 15 is 0 Å². The third-order valence-electron chi connectivity index (χ3n) is 2.82. The Hall–Kier alpha value is -2.95. The lowest BCUT2D eigenvalue weighted by Gasteiger charge is -2.04. The van der Waals surface area contributed by atoms with Gasteiger partial charge in [-0.25, -0.2) is 4.39 Å². The normalized spacial score (nSPS) is 10.5. The SMILES string of the molecule is CC(=O)Nc1ccc(NC=CC(=O)c2ccc(F)cc2)cc1. The Labute approximate surface area is 127 Å². The smallest absolute Gasteiger partial charge is 0.221 e. The number of hydrogen-bond donors (Lipinski definition) is 2. The van der Waals surface area contributed by atoms with Crippen LogP contribution in [0.5, 0.6) is 0 Å². The van der Waals surface area contributed by atoms with Gasteiger partial charge in [0.2, 0.25) is 5.91 Å². The Kier molecular flexibility index (Phi) is 5.03. The number of nitrogens with one attached hydrogen (secondary N) is 2. The van der Waals surface area contributed by atoms with E-state index in [0.29, 0.717) is 11.3 Å². The largest absolute Gasteiger partial charge is 0.362 e. The molecule has 0 spiro atoms. The number of hydrogen-bond acceptors (Lipinski definition) is 3. The van der Waals surface area contributed by atoms with Crippen molar-refractivity contribution >= 4 is 23.1 Å². The van der Waals surface area contributed by atoms with Crippen LogP contribution in [0.25, 0.3) is 0 Å². The van der Waals surface area contributed by atoms with Crippen LogP contribution in [0.2, 0.25) is 0 Å². The van der Waals surface area contributed by atoms with Gasteiger partial charge in [-0.3, -0.25) is 9.59 Å². The summed E-state index contributed by atoms with van der Waals surface area (Å²) in [6, 6.07) is 12.4. The van der Waals surface area contributed by atoms with Gasteiger partial charge in [0.05, 0.1) is 0 Å². The lowest BCUT2D eigenvalue weighted by atomic mass is 10.1. The van der Waals surface area contributed by atoms with Crippen LogP contribution in [0.1, 0.15) is 17.3 Å². The Balaban J connectivity index is 1.93. The van der Waals surface area contributed by atoms with Crippen LogP contribution in [0.3, 0.4) is 0 Å². The average molecular weight is 298 g/mol. The van der Waals surface area contributed by atoms with Gasteiger partial charge in [-0.05, 0) is 48.5 Å². The zero-order chi connectivity index (χ0) is 15.9. The van der Waals surface area contributed by atoms with E-state index < -0.39 is 0 Å². The lowest BCUT2D eigenvalue weighted by molar-refractivity contribution is -0.114. The fourth-order valence-electron chi connectivity index (χ4n) is 1.78. The summed E-state index contributed by atoms with van der Waals surface area (Å²) in [5, 5.41) is 5.61. The molecule has 5 heteroatoms. The number of allylic oxidation sites excluding steroid dienone is 1. The summed E-state index contributed by atoms with van der Waals surface area (Å²) < 4.78 is 12.8. The Bertz CT molecular complexity index is 692. The fraction of sp³-hybridized carbons (Fsp3) is 0.0588. The van der Waals surface area contributed by atoms with E-state index in [0.717, 1.165) is 5.69 Å². The number of halogens is 1. The van der Waals surface area contributed by atoms with Crippen LogP contribution in [0, 0.1) is 5.82 Å². The van der Waals surface area contributed by atoms with Crippen LogP contribution in [-0.4, -0.2) is 11.7 Å². The molecule has 0 aliphatic heterocycles. The number of carbonyl (C=O) groups excluding carboxylic acids is 2. The standard InChI is InChI=1S/C17H15FN2O2/c1-12(21)20-16-8-6-15(7-9-16)19-11-10-17(22)13-2-4-14(18)5-3-13/h2-11,19H,1H3,(H,20,21). The average Bonchev–Trinajstić information content (AvgIpc) is 2.49. The van der Waals surface area contributed by atoms with E-state index in [1.54, 1.807) is 24.3 Å². The molecule has 2 rings (SSSR count). The maximum atomic E-state index is 12.8. The van der Waals surface area contributed by atoms with Crippen molar-refractivity contribution in [3.8, 4) is 0 Å². The number of rotatable bonds is 5. The van der Waals surface area contributed by atoms with Gasteiger partial charge >= 0.3 is 0 Å². The van der Waals surface area contributed by atoms with E-state index in [2.05, 4.69) is 10.6 Å². The van der Waals surface area contributed by atoms with Gasteiger partial charge in [-0.1, -0.05) is 0 Å². The Morgan fingerprint density at radius 3 is 2.14 bits per heavy atom. The summed E-state index contributed by atoms with van der Waals surface area (Å²) >= 11 is 0. The molecule has 0 heterocycles. The number of benzene rings is 2. The molecule has 0 aliphatic rings. The molecule has 0 aromatic heterocycles. The summed E-state index contributed by atoms with van der Waals surface area (Å²) in [6.45, 7) is 1.44. The molecule has 0 saturated heterocycles. The zero-order valence-corrected chi connectivity index (χ0v) is 12.0. The van der Waals surface area contributed by atoms with Crippen molar-refractivity contribution in [1.29, 1.82) is 0 Å². The second-order valence-corrected chi connectivity index (χ2v) is 4.61. The fourth-order valence-corrected chi connectivity index (χ4v) is 1.78. The minimum absolute atomic E-state index is 0.134. The highest BCUT2D eigenvalue weighted by Crippen LogP contribution is 2.13. The molecule has 2 aromatic rings. The van der Waals surface area contributed by atoms with Crippen LogP contribution in [-0.2, 0) is 4.79 Å². The van der Waals surface area contributed by atoms with Gasteiger partial charge in [-0.2, -0.15) is 0 Å². The predicted molar refractivity (Wildman–Crippen MR) is 84.2 cm³/mol. The second-order valence-electron chi connectivity index (χ2n) is 4.61. The topological polar surface area (TPSA) is 58.2 Å². The highest BCUT2D eigenvalue weighted by atomic mass is 19.1. The van der Waals surface area contributed by atoms with E-state index in [4.69, 9.17) is 0 Å². The van der Waals surface area contributed by atoms with Gasteiger partial charge in [0, 0.05) is 36.1 Å². The van der Waals surface area contributed by atoms with Gasteiger partial charge < -0.3 is 10.6 Å². The molecule has 1 amide bonds. The molecule has 0 unspecified atom stereocenters. The highest BCUT2D eigenvalue weighted by molar-refractivity contribution is 6.04. The molecule has 22 heavy (non-hydrogen) atoms. The minimum Gasteiger partial charge on any atom is -0.362 e. The van der Waals surface area contributed by atoms with Crippen molar-refractivity contribution in [2.45, 2.75) is 6.92 Å². The van der Waals surface area contributed by atoms with Crippen LogP contribution >= 0.6 is 0 Å². The Morgan fingerprint density at radius 1 is 0.955 bits per heavy atom. The lowest BCUT2D eigenvalue weighted by Crippen LogP contribution is -2.05. The van der Waals surface area contributed by atoms with Gasteiger partial charge in [0.1, 0.15) is 5.82 Å². The molecule has 2 aromatic carbocycles. The van der Waals surface area contributed by atoms with E-state index in [-0.39, 0.29) is 17.5 Å². The summed E-state index contributed by atoms with van der Waals surface area (Å²) in [4.78, 5) is 22.7. The van der Waals surface area contributed by atoms with Crippen molar-refractivity contribution in [3.05, 3.63) is 72.2 Å². The third-order valence-corrected chi connectivity index (χ3v) is 2.82. The Morgan fingerprint density at radius 2 is 1.55 bits per heavy atom. The summed E-state index contributed by atoms with van der Waals surface area (Å²) in [7, 11) is 0. The summed E-state index contributed by atoms with van der Waals surface area (Å²) in [6.07, 6.45) is 2.88. The first-order chi connectivity index (χ1) is 10.5. The highest BCUT2D eigenvalue weighted by Gasteiger charge is 2.01. The quantitative estimate of drug-likeness (QED) is 0.655. The maximum Gasteiger partial charge on any atom is 0.221 e. The number of anilines is 2. The molecule has 112 valence electrons. The van der Waals surface area contributed by atoms with Crippen LogP contribution in [0.4, 0.5) is 15.8 Å². The molecule has 0 aliphatic carbocycles. The van der Waals surface area contributed by atoms with Crippen LogP contribution in [0.15, 0.2) is 60.8 Å². The van der Waals surface area contributed by atoms with E-state index in [9.17, 15) is 14.0 Å². The molecule has 0 fully saturated rings. The number of carbonyl (C=O) groups is 2. The molecular weight excluding hydrogens is 283 g/mol. The molecule has 0 radical (unpaired) electrons. The molecule has 0 saturated carbocycles. The van der Waals surface area contributed by atoms with Gasteiger partial charge in [0.15, 0.2) is 5.78 Å². The van der Waals surface area contributed by atoms with Crippen molar-refractivity contribution in [1.82, 2.24) is 0 Å². The first-order valence-electron chi connectivity index (χ1n) is 6.65. The van der Waals surface area contributed by atoms with Crippen molar-refractivity contribution in [2.24, 2.45) is 0 Å². The summed E-state index contributed by atoms with van der Waals surface area (Å²) in [5.41, 5.74) is 1.89. The van der Waals surface area contributed by atoms with Gasteiger partial charge in [-0.15, -0.1) is 0 Å². The zero-order valence-electron chi connectivity index (χ0n) is 12.0. The van der Waals surface area contributed by atoms with E-state index in [1.165, 1.54) is 43.5 Å². The summed E-state index contributed by atoms with van der Waals surface area (Å²) in [5.74, 6) is -0.731. The van der Waals surface area contributed by atoms with Crippen molar-refractivity contribution in [3.63, 3.8) is 0 Å². The maximum absolute atomic E-state index is 12.8. The molecule has 0 bridgehead atoms. The first kappa shape index (κ1) is 15.4. The number of ketones is 1. The second kappa shape index (κ2) is 7.17. The molecular formula is C17H15FN2O2.